The van der Waals surface area contributed by atoms with E-state index in [0.717, 1.165) is 34.3 Å². The number of alkyl halides is 1. The van der Waals surface area contributed by atoms with Crippen LogP contribution in [0.2, 0.25) is 0 Å². The second-order valence-electron chi connectivity index (χ2n) is 3.63. The van der Waals surface area contributed by atoms with Crippen LogP contribution in [-0.2, 0) is 6.42 Å². The molecule has 0 atom stereocenters. The Morgan fingerprint density at radius 3 is 2.65 bits per heavy atom. The van der Waals surface area contributed by atoms with E-state index in [4.69, 9.17) is 18.9 Å². The maximum Gasteiger partial charge on any atom is 0.231 e. The first kappa shape index (κ1) is 12.6. The first-order valence-corrected chi connectivity index (χ1v) is 6.93. The van der Waals surface area contributed by atoms with Crippen molar-refractivity contribution in [1.82, 2.24) is 0 Å². The molecule has 0 N–H and O–H groups in total. The van der Waals surface area contributed by atoms with E-state index in [-0.39, 0.29) is 6.79 Å². The summed E-state index contributed by atoms with van der Waals surface area (Å²) in [5.74, 6) is 2.77. The van der Waals surface area contributed by atoms with Crippen LogP contribution in [0.5, 0.6) is 23.0 Å². The number of benzene rings is 1. The van der Waals surface area contributed by atoms with E-state index in [0.29, 0.717) is 11.5 Å². The Balaban J connectivity index is 2.44. The highest BCUT2D eigenvalue weighted by atomic mass is 127. The van der Waals surface area contributed by atoms with Gasteiger partial charge in [-0.1, -0.05) is 22.6 Å². The molecular formula is C12H15IO4. The van der Waals surface area contributed by atoms with Crippen LogP contribution in [0.3, 0.4) is 0 Å². The Hall–Kier alpha value is -0.850. The van der Waals surface area contributed by atoms with Gasteiger partial charge < -0.3 is 18.9 Å². The Morgan fingerprint density at radius 1 is 1.24 bits per heavy atom. The van der Waals surface area contributed by atoms with E-state index in [1.54, 1.807) is 14.2 Å². The van der Waals surface area contributed by atoms with Crippen molar-refractivity contribution in [2.75, 3.05) is 25.4 Å². The molecular weight excluding hydrogens is 335 g/mol. The van der Waals surface area contributed by atoms with Crippen molar-refractivity contribution in [2.45, 2.75) is 12.8 Å². The lowest BCUT2D eigenvalue weighted by Gasteiger charge is -2.14. The fourth-order valence-corrected chi connectivity index (χ4v) is 2.28. The van der Waals surface area contributed by atoms with Gasteiger partial charge in [0.1, 0.15) is 0 Å². The quantitative estimate of drug-likeness (QED) is 0.605. The normalized spacial score (nSPS) is 12.6. The van der Waals surface area contributed by atoms with Crippen LogP contribution in [0.25, 0.3) is 0 Å². The summed E-state index contributed by atoms with van der Waals surface area (Å²) < 4.78 is 22.7. The van der Waals surface area contributed by atoms with Crippen molar-refractivity contribution >= 4 is 22.6 Å². The fraction of sp³-hybridized carbons (Fsp3) is 0.500. The van der Waals surface area contributed by atoms with Gasteiger partial charge in [0.05, 0.1) is 14.2 Å². The van der Waals surface area contributed by atoms with E-state index >= 15 is 0 Å². The van der Waals surface area contributed by atoms with E-state index in [2.05, 4.69) is 22.6 Å². The summed E-state index contributed by atoms with van der Waals surface area (Å²) in [4.78, 5) is 0. The largest absolute Gasteiger partial charge is 0.492 e. The molecule has 0 fully saturated rings. The van der Waals surface area contributed by atoms with Gasteiger partial charge in [0, 0.05) is 5.56 Å². The molecule has 1 aliphatic rings. The average Bonchev–Trinajstić information content (AvgIpc) is 2.81. The van der Waals surface area contributed by atoms with Gasteiger partial charge in [0.15, 0.2) is 11.5 Å². The standard InChI is InChI=1S/C12H15IO4/c1-14-10-8(4-3-5-13)6-9-11(12(10)15-2)17-7-16-9/h6H,3-5,7H2,1-2H3. The van der Waals surface area contributed by atoms with Crippen LogP contribution in [-0.4, -0.2) is 25.4 Å². The lowest BCUT2D eigenvalue weighted by Crippen LogP contribution is -1.98. The molecule has 0 bridgehead atoms. The van der Waals surface area contributed by atoms with Crippen LogP contribution in [0.15, 0.2) is 6.07 Å². The second-order valence-corrected chi connectivity index (χ2v) is 4.71. The van der Waals surface area contributed by atoms with Crippen molar-refractivity contribution < 1.29 is 18.9 Å². The zero-order chi connectivity index (χ0) is 12.3. The number of rotatable bonds is 5. The van der Waals surface area contributed by atoms with Crippen LogP contribution in [0.4, 0.5) is 0 Å². The minimum absolute atomic E-state index is 0.241. The minimum atomic E-state index is 0.241. The van der Waals surface area contributed by atoms with Crippen molar-refractivity contribution in [3.63, 3.8) is 0 Å². The Morgan fingerprint density at radius 2 is 2.00 bits per heavy atom. The number of methoxy groups -OCH3 is 2. The molecule has 94 valence electrons. The summed E-state index contributed by atoms with van der Waals surface area (Å²) in [6, 6.07) is 1.98. The molecule has 0 aromatic heterocycles. The summed E-state index contributed by atoms with van der Waals surface area (Å²) in [7, 11) is 3.26. The van der Waals surface area contributed by atoms with Crippen LogP contribution >= 0.6 is 22.6 Å². The zero-order valence-corrected chi connectivity index (χ0v) is 12.1. The maximum absolute atomic E-state index is 5.43. The molecule has 0 amide bonds. The molecule has 0 unspecified atom stereocenters. The van der Waals surface area contributed by atoms with Crippen LogP contribution < -0.4 is 18.9 Å². The molecule has 1 heterocycles. The number of halogens is 1. The van der Waals surface area contributed by atoms with Gasteiger partial charge in [0.2, 0.25) is 18.3 Å². The third-order valence-corrected chi connectivity index (χ3v) is 3.40. The molecule has 0 saturated heterocycles. The molecule has 1 aromatic rings. The first-order valence-electron chi connectivity index (χ1n) is 5.41. The summed E-state index contributed by atoms with van der Waals surface area (Å²) in [6.07, 6.45) is 2.04. The predicted molar refractivity (Wildman–Crippen MR) is 72.9 cm³/mol. The van der Waals surface area contributed by atoms with Crippen LogP contribution in [0.1, 0.15) is 12.0 Å². The molecule has 4 nitrogen and oxygen atoms in total. The van der Waals surface area contributed by atoms with Gasteiger partial charge in [-0.2, -0.15) is 0 Å². The summed E-state index contributed by atoms with van der Waals surface area (Å²) >= 11 is 2.36. The van der Waals surface area contributed by atoms with E-state index < -0.39 is 0 Å². The molecule has 17 heavy (non-hydrogen) atoms. The molecule has 0 saturated carbocycles. The zero-order valence-electron chi connectivity index (χ0n) is 9.92. The topological polar surface area (TPSA) is 36.9 Å². The monoisotopic (exact) mass is 350 g/mol. The Kier molecular flexibility index (Phi) is 4.20. The number of ether oxygens (including phenoxy) is 4. The Labute approximate surface area is 114 Å². The SMILES string of the molecule is COc1c(CCCI)cc2c(c1OC)OCO2. The van der Waals surface area contributed by atoms with Crippen LogP contribution in [0, 0.1) is 0 Å². The van der Waals surface area contributed by atoms with Gasteiger partial charge in [-0.05, 0) is 23.3 Å². The number of hydrogen-bond donors (Lipinski definition) is 0. The van der Waals surface area contributed by atoms with Gasteiger partial charge >= 0.3 is 0 Å². The van der Waals surface area contributed by atoms with Crippen molar-refractivity contribution in [2.24, 2.45) is 0 Å². The van der Waals surface area contributed by atoms with Gasteiger partial charge in [-0.25, -0.2) is 0 Å². The Bertz CT molecular complexity index is 406. The molecule has 1 aliphatic heterocycles. The highest BCUT2D eigenvalue weighted by molar-refractivity contribution is 14.1. The third kappa shape index (κ3) is 2.38. The lowest BCUT2D eigenvalue weighted by atomic mass is 10.1. The molecule has 0 aliphatic carbocycles. The minimum Gasteiger partial charge on any atom is -0.492 e. The predicted octanol–water partition coefficient (Wildman–Crippen LogP) is 2.80. The fourth-order valence-electron chi connectivity index (χ4n) is 1.90. The number of hydrogen-bond acceptors (Lipinski definition) is 4. The highest BCUT2D eigenvalue weighted by Crippen LogP contribution is 2.49. The number of aryl methyl sites for hydroxylation is 1. The first-order chi connectivity index (χ1) is 8.31. The second kappa shape index (κ2) is 5.66. The van der Waals surface area contributed by atoms with Crippen molar-refractivity contribution in [3.05, 3.63) is 11.6 Å². The molecule has 0 spiro atoms. The lowest BCUT2D eigenvalue weighted by molar-refractivity contribution is 0.170. The van der Waals surface area contributed by atoms with Gasteiger partial charge in [-0.3, -0.25) is 0 Å². The number of fused-ring (bicyclic) bond motifs is 1. The third-order valence-electron chi connectivity index (χ3n) is 2.64. The smallest absolute Gasteiger partial charge is 0.231 e. The van der Waals surface area contributed by atoms with E-state index in [9.17, 15) is 0 Å². The molecule has 5 heteroatoms. The average molecular weight is 350 g/mol. The van der Waals surface area contributed by atoms with Gasteiger partial charge in [0.25, 0.3) is 0 Å². The van der Waals surface area contributed by atoms with E-state index in [1.165, 1.54) is 0 Å². The summed E-state index contributed by atoms with van der Waals surface area (Å²) in [6.45, 7) is 0.241. The molecule has 0 radical (unpaired) electrons. The van der Waals surface area contributed by atoms with Gasteiger partial charge in [-0.15, -0.1) is 0 Å². The summed E-state index contributed by atoms with van der Waals surface area (Å²) in [5.41, 5.74) is 1.10. The van der Waals surface area contributed by atoms with E-state index in [1.807, 2.05) is 6.07 Å². The maximum atomic E-state index is 5.43. The molecule has 1 aromatic carbocycles. The summed E-state index contributed by atoms with van der Waals surface area (Å²) in [5, 5.41) is 0. The van der Waals surface area contributed by atoms with Crippen molar-refractivity contribution in [3.8, 4) is 23.0 Å². The highest BCUT2D eigenvalue weighted by Gasteiger charge is 2.25. The molecule has 2 rings (SSSR count). The van der Waals surface area contributed by atoms with Crippen molar-refractivity contribution in [1.29, 1.82) is 0 Å².